The van der Waals surface area contributed by atoms with Crippen molar-refractivity contribution in [3.05, 3.63) is 122 Å². The number of allylic oxidation sites excluding steroid dienone is 20. The highest BCUT2D eigenvalue weighted by Gasteiger charge is 2.19. The molecule has 0 aromatic rings. The molecule has 0 heterocycles. The molecule has 1 atom stereocenters. The lowest BCUT2D eigenvalue weighted by atomic mass is 10.0. The third-order valence-electron chi connectivity index (χ3n) is 13.0. The van der Waals surface area contributed by atoms with Crippen LogP contribution < -0.4 is 0 Å². The van der Waals surface area contributed by atoms with Crippen LogP contribution >= 0.6 is 0 Å². The van der Waals surface area contributed by atoms with Crippen molar-refractivity contribution < 1.29 is 28.6 Å². The van der Waals surface area contributed by atoms with E-state index in [1.165, 1.54) is 128 Å². The quantitative estimate of drug-likeness (QED) is 0.0261. The van der Waals surface area contributed by atoms with Gasteiger partial charge >= 0.3 is 17.9 Å². The molecule has 0 radical (unpaired) electrons. The van der Waals surface area contributed by atoms with E-state index < -0.39 is 6.10 Å². The van der Waals surface area contributed by atoms with E-state index in [0.29, 0.717) is 19.3 Å². The molecule has 0 unspecified atom stereocenters. The Kier molecular flexibility index (Phi) is 58.9. The van der Waals surface area contributed by atoms with Gasteiger partial charge in [0.25, 0.3) is 0 Å². The summed E-state index contributed by atoms with van der Waals surface area (Å²) < 4.78 is 16.8. The molecular weight excluding hydrogens is 925 g/mol. The predicted molar refractivity (Wildman–Crippen MR) is 325 cm³/mol. The first kappa shape index (κ1) is 70.8. The number of ether oxygens (including phenoxy) is 3. The normalized spacial score (nSPS) is 12.9. The smallest absolute Gasteiger partial charge is 0.306 e. The molecule has 0 aliphatic rings. The van der Waals surface area contributed by atoms with Gasteiger partial charge in [-0.1, -0.05) is 277 Å². The monoisotopic (exact) mass is 1040 g/mol. The van der Waals surface area contributed by atoms with Crippen LogP contribution in [0.3, 0.4) is 0 Å². The lowest BCUT2D eigenvalue weighted by Gasteiger charge is -2.18. The molecule has 6 heteroatoms. The van der Waals surface area contributed by atoms with Crippen molar-refractivity contribution in [1.29, 1.82) is 0 Å². The van der Waals surface area contributed by atoms with Gasteiger partial charge < -0.3 is 14.2 Å². The number of hydrogen-bond acceptors (Lipinski definition) is 6. The molecule has 0 aromatic heterocycles. The standard InChI is InChI=1S/C69H114O6/c1-4-7-10-13-16-19-22-25-28-31-34-37-40-43-46-49-52-55-58-61-67(70)73-64-66(75-69(72)63-60-57-54-51-48-45-42-39-36-33-30-27-24-21-18-15-12-9-6-3)65-74-68(71)62-59-56-53-50-47-44-41-38-35-32-29-26-23-20-17-14-11-8-5-2/h7,10,16-17,19-20,25-26,28-29,34-35,37-38,43-44,46-47,53,56,66H,4-6,8-9,11-15,18,21-24,27,30-33,36,39-42,45,48-52,54-55,57-65H2,1-3H3/b10-7-,19-16-,20-17-,28-25-,29-26-,37-34-,38-35-,46-43-,47-44-,56-53-/t66-/m1/s1. The van der Waals surface area contributed by atoms with Crippen molar-refractivity contribution in [2.24, 2.45) is 0 Å². The predicted octanol–water partition coefficient (Wildman–Crippen LogP) is 21.2. The Morgan fingerprint density at radius 3 is 0.920 bits per heavy atom. The minimum atomic E-state index is -0.825. The largest absolute Gasteiger partial charge is 0.462 e. The molecule has 0 fully saturated rings. The first-order valence-corrected chi connectivity index (χ1v) is 31.0. The van der Waals surface area contributed by atoms with Crippen LogP contribution in [0.4, 0.5) is 0 Å². The summed E-state index contributed by atoms with van der Waals surface area (Å²) >= 11 is 0. The summed E-state index contributed by atoms with van der Waals surface area (Å²) in [4.78, 5) is 38.3. The third kappa shape index (κ3) is 60.6. The summed E-state index contributed by atoms with van der Waals surface area (Å²) in [5.74, 6) is -1.03. The second-order valence-corrected chi connectivity index (χ2v) is 20.2. The van der Waals surface area contributed by atoms with E-state index in [1.54, 1.807) is 0 Å². The molecule has 6 nitrogen and oxygen atoms in total. The molecule has 0 aliphatic heterocycles. The van der Waals surface area contributed by atoms with Crippen LogP contribution in [-0.4, -0.2) is 37.2 Å². The van der Waals surface area contributed by atoms with Crippen LogP contribution in [0.2, 0.25) is 0 Å². The Hall–Kier alpha value is -4.19. The van der Waals surface area contributed by atoms with E-state index >= 15 is 0 Å². The Balaban J connectivity index is 4.54. The average Bonchev–Trinajstić information content (AvgIpc) is 3.41. The van der Waals surface area contributed by atoms with Crippen molar-refractivity contribution in [2.75, 3.05) is 13.2 Å². The van der Waals surface area contributed by atoms with Gasteiger partial charge in [0.1, 0.15) is 13.2 Å². The van der Waals surface area contributed by atoms with Crippen LogP contribution in [-0.2, 0) is 28.6 Å². The molecule has 426 valence electrons. The van der Waals surface area contributed by atoms with E-state index in [9.17, 15) is 14.4 Å². The first-order valence-electron chi connectivity index (χ1n) is 31.0. The average molecular weight is 1040 g/mol. The maximum Gasteiger partial charge on any atom is 0.306 e. The zero-order chi connectivity index (χ0) is 54.3. The topological polar surface area (TPSA) is 78.9 Å². The Labute approximate surface area is 462 Å². The lowest BCUT2D eigenvalue weighted by molar-refractivity contribution is -0.166. The van der Waals surface area contributed by atoms with Gasteiger partial charge in [-0.25, -0.2) is 0 Å². The van der Waals surface area contributed by atoms with Gasteiger partial charge in [0.15, 0.2) is 6.10 Å². The first-order chi connectivity index (χ1) is 37.0. The number of rotatable bonds is 55. The Morgan fingerprint density at radius 2 is 0.547 bits per heavy atom. The number of carbonyl (C=O) groups excluding carboxylic acids is 3. The van der Waals surface area contributed by atoms with E-state index in [4.69, 9.17) is 14.2 Å². The van der Waals surface area contributed by atoms with Gasteiger partial charge in [-0.2, -0.15) is 0 Å². The minimum absolute atomic E-state index is 0.119. The molecule has 0 saturated heterocycles. The number of unbranched alkanes of at least 4 members (excludes halogenated alkanes) is 24. The van der Waals surface area contributed by atoms with Gasteiger partial charge in [-0.3, -0.25) is 14.4 Å². The van der Waals surface area contributed by atoms with Crippen molar-refractivity contribution in [2.45, 2.75) is 284 Å². The van der Waals surface area contributed by atoms with Crippen LogP contribution in [0.5, 0.6) is 0 Å². The molecule has 0 bridgehead atoms. The molecule has 0 saturated carbocycles. The van der Waals surface area contributed by atoms with Crippen LogP contribution in [0.15, 0.2) is 122 Å². The van der Waals surface area contributed by atoms with E-state index in [1.807, 2.05) is 6.08 Å². The summed E-state index contributed by atoms with van der Waals surface area (Å²) in [6, 6.07) is 0. The fourth-order valence-corrected chi connectivity index (χ4v) is 8.33. The highest BCUT2D eigenvalue weighted by atomic mass is 16.6. The molecule has 0 aliphatic carbocycles. The van der Waals surface area contributed by atoms with Crippen molar-refractivity contribution in [3.8, 4) is 0 Å². The zero-order valence-corrected chi connectivity index (χ0v) is 48.8. The van der Waals surface area contributed by atoms with Gasteiger partial charge in [0.05, 0.1) is 0 Å². The van der Waals surface area contributed by atoms with Gasteiger partial charge in [0, 0.05) is 19.3 Å². The number of esters is 3. The second kappa shape index (κ2) is 62.4. The molecule has 0 aromatic carbocycles. The van der Waals surface area contributed by atoms with E-state index in [0.717, 1.165) is 103 Å². The Bertz CT molecular complexity index is 1570. The molecule has 75 heavy (non-hydrogen) atoms. The van der Waals surface area contributed by atoms with Crippen molar-refractivity contribution in [3.63, 3.8) is 0 Å². The lowest BCUT2D eigenvalue weighted by Crippen LogP contribution is -2.30. The van der Waals surface area contributed by atoms with Crippen LogP contribution in [0, 0.1) is 0 Å². The van der Waals surface area contributed by atoms with Gasteiger partial charge in [-0.15, -0.1) is 0 Å². The van der Waals surface area contributed by atoms with Gasteiger partial charge in [-0.05, 0) is 103 Å². The number of carbonyl (C=O) groups is 3. The van der Waals surface area contributed by atoms with Crippen molar-refractivity contribution in [1.82, 2.24) is 0 Å². The number of hydrogen-bond donors (Lipinski definition) is 0. The Morgan fingerprint density at radius 1 is 0.280 bits per heavy atom. The SMILES string of the molecule is CC/C=C\C/C=C\C/C=C\C/C=C\C/C=C\CCCCCC(=O)OC[C@H](COC(=O)CC/C=C\C/C=C\C/C=C\C/C=C\C/C=C\CCCCC)OC(=O)CCCCCCCCCCCCCCCCCCCCC. The van der Waals surface area contributed by atoms with Gasteiger partial charge in [0.2, 0.25) is 0 Å². The second-order valence-electron chi connectivity index (χ2n) is 20.2. The third-order valence-corrected chi connectivity index (χ3v) is 13.0. The van der Waals surface area contributed by atoms with Crippen molar-refractivity contribution >= 4 is 17.9 Å². The van der Waals surface area contributed by atoms with E-state index in [-0.39, 0.29) is 37.5 Å². The van der Waals surface area contributed by atoms with Crippen LogP contribution in [0.1, 0.15) is 278 Å². The van der Waals surface area contributed by atoms with E-state index in [2.05, 4.69) is 136 Å². The molecule has 0 rings (SSSR count). The minimum Gasteiger partial charge on any atom is -0.462 e. The summed E-state index contributed by atoms with van der Waals surface area (Å²) in [5, 5.41) is 0. The zero-order valence-electron chi connectivity index (χ0n) is 48.8. The molecule has 0 N–H and O–H groups in total. The summed E-state index contributed by atoms with van der Waals surface area (Å²) in [6.07, 6.45) is 86.4. The fourth-order valence-electron chi connectivity index (χ4n) is 8.33. The maximum atomic E-state index is 12.9. The summed E-state index contributed by atoms with van der Waals surface area (Å²) in [5.41, 5.74) is 0. The highest BCUT2D eigenvalue weighted by molar-refractivity contribution is 5.71. The summed E-state index contributed by atoms with van der Waals surface area (Å²) in [6.45, 7) is 6.43. The molecule has 0 amide bonds. The molecular formula is C69H114O6. The highest BCUT2D eigenvalue weighted by Crippen LogP contribution is 2.16. The fraction of sp³-hybridized carbons (Fsp3) is 0.667. The maximum absolute atomic E-state index is 12.9. The molecule has 0 spiro atoms. The summed E-state index contributed by atoms with van der Waals surface area (Å²) in [7, 11) is 0. The van der Waals surface area contributed by atoms with Crippen LogP contribution in [0.25, 0.3) is 0 Å².